The maximum Gasteiger partial charge on any atom is 1.00 e. The van der Waals surface area contributed by atoms with Gasteiger partial charge in [0.05, 0.1) is 15.5 Å². The minimum atomic E-state index is -4.75. The number of nitro benzene ring substituents is 1. The van der Waals surface area contributed by atoms with Crippen molar-refractivity contribution in [3.05, 3.63) is 51.0 Å². The summed E-state index contributed by atoms with van der Waals surface area (Å²) < 4.78 is 33.9. The molecule has 0 fully saturated rings. The second-order valence-corrected chi connectivity index (χ2v) is 6.39. The molecule has 10 heteroatoms. The van der Waals surface area contributed by atoms with Crippen LogP contribution in [-0.4, -0.2) is 17.9 Å². The minimum Gasteiger partial charge on any atom is -0.744 e. The molecular weight excluding hydrogens is 387 g/mol. The van der Waals surface area contributed by atoms with Gasteiger partial charge in [-0.3, -0.25) is 10.1 Å². The number of halogens is 1. The van der Waals surface area contributed by atoms with E-state index in [-0.39, 0.29) is 46.5 Å². The van der Waals surface area contributed by atoms with Crippen LogP contribution in [0.3, 0.4) is 0 Å². The van der Waals surface area contributed by atoms with Crippen LogP contribution in [0.25, 0.3) is 11.1 Å². The fraction of sp³-hybridized carbons (Fsp3) is 0. The van der Waals surface area contributed by atoms with E-state index in [1.807, 2.05) is 0 Å². The summed E-state index contributed by atoms with van der Waals surface area (Å²) in [4.78, 5) is 9.63. The summed E-state index contributed by atoms with van der Waals surface area (Å²) in [7, 11) is -4.75. The topological polar surface area (TPSA) is 126 Å². The zero-order chi connectivity index (χ0) is 15.8. The summed E-state index contributed by atoms with van der Waals surface area (Å²) in [6.07, 6.45) is 0. The summed E-state index contributed by atoms with van der Waals surface area (Å²) in [5.41, 5.74) is 5.88. The van der Waals surface area contributed by atoms with Crippen molar-refractivity contribution in [2.45, 2.75) is 4.90 Å². The van der Waals surface area contributed by atoms with Crippen molar-refractivity contribution in [2.75, 3.05) is 5.73 Å². The number of hydrogen-bond acceptors (Lipinski definition) is 6. The first kappa shape index (κ1) is 19.1. The Balaban J connectivity index is 0.00000242. The number of nitro groups is 1. The number of anilines is 1. The van der Waals surface area contributed by atoms with Gasteiger partial charge in [-0.1, -0.05) is 28.1 Å². The number of non-ortho nitro benzene ring substituents is 1. The molecule has 7 nitrogen and oxygen atoms in total. The maximum atomic E-state index is 11.2. The molecule has 0 saturated carbocycles. The number of nitrogen functional groups attached to an aromatic ring is 1. The molecule has 110 valence electrons. The number of rotatable bonds is 3. The smallest absolute Gasteiger partial charge is 0.744 e. The van der Waals surface area contributed by atoms with Crippen molar-refractivity contribution in [1.29, 1.82) is 0 Å². The summed E-state index contributed by atoms with van der Waals surface area (Å²) in [5.74, 6) is 0. The fourth-order valence-electron chi connectivity index (χ4n) is 1.83. The average molecular weight is 395 g/mol. The predicted molar refractivity (Wildman–Crippen MR) is 78.6 cm³/mol. The van der Waals surface area contributed by atoms with E-state index in [1.54, 1.807) is 0 Å². The van der Waals surface area contributed by atoms with Gasteiger partial charge in [-0.25, -0.2) is 8.42 Å². The monoisotopic (exact) mass is 394 g/mol. The molecule has 0 spiro atoms. The van der Waals surface area contributed by atoms with Crippen LogP contribution in [0.4, 0.5) is 11.4 Å². The van der Waals surface area contributed by atoms with Crippen molar-refractivity contribution in [1.82, 2.24) is 0 Å². The zero-order valence-corrected chi connectivity index (χ0v) is 15.7. The van der Waals surface area contributed by atoms with Gasteiger partial charge in [-0.2, -0.15) is 0 Å². The molecule has 2 aromatic rings. The fourth-order valence-corrected chi connectivity index (χ4v) is 3.09. The van der Waals surface area contributed by atoms with Crippen LogP contribution < -0.4 is 35.3 Å². The summed E-state index contributed by atoms with van der Waals surface area (Å²) in [6.45, 7) is 0. The zero-order valence-electron chi connectivity index (χ0n) is 11.3. The molecule has 0 aromatic heterocycles. The van der Waals surface area contributed by atoms with Gasteiger partial charge < -0.3 is 10.3 Å². The van der Waals surface area contributed by atoms with Crippen molar-refractivity contribution >= 4 is 37.4 Å². The van der Waals surface area contributed by atoms with Gasteiger partial charge in [-0.15, -0.1) is 0 Å². The van der Waals surface area contributed by atoms with Gasteiger partial charge in [-0.05, 0) is 17.7 Å². The second kappa shape index (κ2) is 7.07. The Morgan fingerprint density at radius 2 is 1.82 bits per heavy atom. The molecule has 0 bridgehead atoms. The van der Waals surface area contributed by atoms with E-state index in [0.29, 0.717) is 10.0 Å². The van der Waals surface area contributed by atoms with Gasteiger partial charge in [0.25, 0.3) is 5.69 Å². The van der Waals surface area contributed by atoms with E-state index in [2.05, 4.69) is 15.9 Å². The maximum absolute atomic E-state index is 11.2. The molecule has 0 radical (unpaired) electrons. The molecule has 0 aliphatic heterocycles. The largest absolute Gasteiger partial charge is 1.00 e. The summed E-state index contributed by atoms with van der Waals surface area (Å²) >= 11 is 3.09. The van der Waals surface area contributed by atoms with Crippen LogP contribution in [0.15, 0.2) is 45.8 Å². The Morgan fingerprint density at radius 3 is 2.36 bits per heavy atom. The normalized spacial score (nSPS) is 10.8. The number of nitrogens with two attached hydrogens (primary N) is 1. The first-order chi connectivity index (χ1) is 9.70. The molecule has 0 atom stereocenters. The van der Waals surface area contributed by atoms with E-state index in [9.17, 15) is 23.1 Å². The molecule has 0 amide bonds. The van der Waals surface area contributed by atoms with Crippen LogP contribution >= 0.6 is 15.9 Å². The van der Waals surface area contributed by atoms with E-state index < -0.39 is 19.9 Å². The summed E-state index contributed by atoms with van der Waals surface area (Å²) in [6, 6.07) is 8.11. The van der Waals surface area contributed by atoms with Crippen LogP contribution in [0, 0.1) is 10.1 Å². The SMILES string of the molecule is Nc1c(-c2cccc([N+](=O)[O-])c2)cc(Br)cc1S(=O)(=O)[O-].[Na+]. The average Bonchev–Trinajstić information content (AvgIpc) is 2.40. The minimum absolute atomic E-state index is 0. The van der Waals surface area contributed by atoms with Crippen molar-refractivity contribution in [2.24, 2.45) is 0 Å². The third kappa shape index (κ3) is 4.06. The second-order valence-electron chi connectivity index (χ2n) is 4.13. The van der Waals surface area contributed by atoms with Crippen LogP contribution in [0.2, 0.25) is 0 Å². The molecular formula is C12H8BrN2NaO5S. The third-order valence-corrected chi connectivity index (χ3v) is 4.08. The Morgan fingerprint density at radius 1 is 1.18 bits per heavy atom. The quantitative estimate of drug-likeness (QED) is 0.246. The Bertz CT molecular complexity index is 841. The van der Waals surface area contributed by atoms with Crippen LogP contribution in [-0.2, 0) is 10.1 Å². The van der Waals surface area contributed by atoms with Gasteiger partial charge in [0.2, 0.25) is 0 Å². The van der Waals surface area contributed by atoms with Crippen LogP contribution in [0.1, 0.15) is 0 Å². The molecule has 2 aromatic carbocycles. The predicted octanol–water partition coefficient (Wildman–Crippen LogP) is -0.485. The van der Waals surface area contributed by atoms with Gasteiger partial charge in [0, 0.05) is 22.2 Å². The van der Waals surface area contributed by atoms with Crippen LogP contribution in [0.5, 0.6) is 0 Å². The molecule has 0 aliphatic rings. The van der Waals surface area contributed by atoms with E-state index in [0.717, 1.165) is 6.07 Å². The molecule has 0 heterocycles. The molecule has 0 saturated heterocycles. The molecule has 22 heavy (non-hydrogen) atoms. The first-order valence-electron chi connectivity index (χ1n) is 5.50. The molecule has 2 rings (SSSR count). The molecule has 0 aliphatic carbocycles. The Labute approximate surface area is 156 Å². The third-order valence-electron chi connectivity index (χ3n) is 2.74. The van der Waals surface area contributed by atoms with Gasteiger partial charge >= 0.3 is 29.6 Å². The van der Waals surface area contributed by atoms with Gasteiger partial charge in [0.15, 0.2) is 0 Å². The number of benzene rings is 2. The summed E-state index contributed by atoms with van der Waals surface area (Å²) in [5, 5.41) is 10.8. The standard InChI is InChI=1S/C12H9BrN2O5S.Na/c13-8-5-10(12(14)11(6-8)21(18,19)20)7-2-1-3-9(4-7)15(16)17;/h1-6H,14H2,(H,18,19,20);/q;+1/p-1. The molecule has 2 N–H and O–H groups in total. The first-order valence-corrected chi connectivity index (χ1v) is 7.70. The number of hydrogen-bond donors (Lipinski definition) is 1. The van der Waals surface area contributed by atoms with E-state index in [4.69, 9.17) is 5.73 Å². The molecule has 0 unspecified atom stereocenters. The van der Waals surface area contributed by atoms with Gasteiger partial charge in [0.1, 0.15) is 10.1 Å². The Kier molecular flexibility index (Phi) is 6.13. The number of nitrogens with zero attached hydrogens (tertiary/aromatic N) is 1. The van der Waals surface area contributed by atoms with E-state index >= 15 is 0 Å². The van der Waals surface area contributed by atoms with E-state index in [1.165, 1.54) is 30.3 Å². The Hall–Kier alpha value is -0.970. The van der Waals surface area contributed by atoms with Crippen molar-refractivity contribution in [3.8, 4) is 11.1 Å². The van der Waals surface area contributed by atoms with Crippen molar-refractivity contribution < 1.29 is 47.5 Å². The van der Waals surface area contributed by atoms with Crippen molar-refractivity contribution in [3.63, 3.8) is 0 Å².